The molecule has 2 aromatic carbocycles. The quantitative estimate of drug-likeness (QED) is 0.0648. The van der Waals surface area contributed by atoms with Gasteiger partial charge in [0.2, 0.25) is 47.3 Å². The van der Waals surface area contributed by atoms with Crippen LogP contribution in [0.1, 0.15) is 51.2 Å². The molecule has 11 atom stereocenters. The minimum Gasteiger partial charge on any atom is -0.480 e. The lowest BCUT2D eigenvalue weighted by atomic mass is 9.95. The highest BCUT2D eigenvalue weighted by Gasteiger charge is 2.45. The van der Waals surface area contributed by atoms with E-state index in [2.05, 4.69) is 47.5 Å². The van der Waals surface area contributed by atoms with E-state index in [4.69, 9.17) is 10.5 Å². The number of aliphatic hydroxyl groups excluding tert-OH is 3. The summed E-state index contributed by atoms with van der Waals surface area (Å²) in [5, 5.41) is 60.9. The number of carbonyl (C=O) groups is 9. The molecule has 2 saturated heterocycles. The third kappa shape index (κ3) is 14.8. The van der Waals surface area contributed by atoms with Crippen LogP contribution in [0.25, 0.3) is 10.9 Å². The van der Waals surface area contributed by atoms with Crippen molar-refractivity contribution in [1.29, 1.82) is 0 Å². The summed E-state index contributed by atoms with van der Waals surface area (Å²) in [6.07, 6.45) is -6.57. The number of carboxylic acid groups (broad SMARTS) is 1. The summed E-state index contributed by atoms with van der Waals surface area (Å²) in [4.78, 5) is 124. The van der Waals surface area contributed by atoms with Gasteiger partial charge >= 0.3 is 5.97 Å². The molecule has 15 N–H and O–H groups in total. The van der Waals surface area contributed by atoms with Crippen LogP contribution in [0.3, 0.4) is 0 Å². The Kier molecular flexibility index (Phi) is 18.7. The van der Waals surface area contributed by atoms with Gasteiger partial charge in [0.1, 0.15) is 54.6 Å². The number of hydrogen-bond acceptors (Lipinski definition) is 14. The van der Waals surface area contributed by atoms with E-state index in [9.17, 15) is 63.6 Å². The summed E-state index contributed by atoms with van der Waals surface area (Å²) in [5.41, 5.74) is 7.98. The molecule has 24 heteroatoms. The number of aliphatic carboxylic acids is 1. The molecule has 3 heterocycles. The van der Waals surface area contributed by atoms with E-state index in [-0.39, 0.29) is 25.2 Å². The summed E-state index contributed by atoms with van der Waals surface area (Å²) in [5.74, 6) is -9.08. The van der Waals surface area contributed by atoms with Crippen LogP contribution in [0.4, 0.5) is 0 Å². The lowest BCUT2D eigenvalue weighted by Crippen LogP contribution is -2.68. The number of fused-ring (bicyclic) bond motifs is 1. The molecular weight excluding hydrogens is 905 g/mol. The predicted molar refractivity (Wildman–Crippen MR) is 243 cm³/mol. The van der Waals surface area contributed by atoms with Crippen molar-refractivity contribution >= 4 is 64.1 Å². The first-order valence-corrected chi connectivity index (χ1v) is 22.3. The Hall–Kier alpha value is -6.99. The first kappa shape index (κ1) is 53.0. The highest BCUT2D eigenvalue weighted by Crippen LogP contribution is 2.22. The van der Waals surface area contributed by atoms with Crippen LogP contribution in [0, 0.1) is 5.92 Å². The Balaban J connectivity index is 1.44. The highest BCUT2D eigenvalue weighted by atomic mass is 16.5. The zero-order chi connectivity index (χ0) is 50.5. The van der Waals surface area contributed by atoms with Crippen molar-refractivity contribution in [1.82, 2.24) is 47.5 Å². The topological polar surface area (TPSA) is 382 Å². The van der Waals surface area contributed by atoms with Gasteiger partial charge in [-0.05, 0) is 29.5 Å². The number of rotatable bonds is 16. The van der Waals surface area contributed by atoms with Crippen molar-refractivity contribution in [3.8, 4) is 0 Å². The Labute approximate surface area is 395 Å². The molecule has 374 valence electrons. The number of aromatic nitrogens is 1. The lowest BCUT2D eigenvalue weighted by Gasteiger charge is -2.42. The Morgan fingerprint density at radius 2 is 1.49 bits per heavy atom. The number of carbonyl (C=O) groups excluding carboxylic acids is 8. The van der Waals surface area contributed by atoms with Gasteiger partial charge in [-0.2, -0.15) is 0 Å². The molecule has 0 saturated carbocycles. The third-order valence-corrected chi connectivity index (χ3v) is 11.5. The second kappa shape index (κ2) is 24.3. The zero-order valence-electron chi connectivity index (χ0n) is 38.1. The van der Waals surface area contributed by atoms with Gasteiger partial charge in [-0.15, -0.1) is 0 Å². The maximum atomic E-state index is 14.5. The molecule has 24 nitrogen and oxygen atoms in total. The van der Waals surface area contributed by atoms with Crippen molar-refractivity contribution in [3.05, 3.63) is 71.9 Å². The van der Waals surface area contributed by atoms with E-state index in [1.54, 1.807) is 74.6 Å². The molecular formula is C45H60N10O14. The Morgan fingerprint density at radius 1 is 0.841 bits per heavy atom. The largest absolute Gasteiger partial charge is 0.480 e. The van der Waals surface area contributed by atoms with Gasteiger partial charge in [-0.3, -0.25) is 38.4 Å². The van der Waals surface area contributed by atoms with E-state index in [0.717, 1.165) is 6.92 Å². The second-order valence-corrected chi connectivity index (χ2v) is 17.4. The van der Waals surface area contributed by atoms with Crippen LogP contribution in [-0.2, 0) is 60.7 Å². The van der Waals surface area contributed by atoms with Crippen LogP contribution < -0.4 is 48.3 Å². The molecule has 0 radical (unpaired) electrons. The predicted octanol–water partition coefficient (Wildman–Crippen LogP) is -4.20. The molecule has 0 aliphatic carbocycles. The molecule has 2 fully saturated rings. The zero-order valence-corrected chi connectivity index (χ0v) is 38.1. The molecule has 3 aromatic rings. The number of benzene rings is 2. The van der Waals surface area contributed by atoms with Crippen molar-refractivity contribution in [2.75, 3.05) is 13.2 Å². The van der Waals surface area contributed by atoms with Gasteiger partial charge in [0.05, 0.1) is 25.5 Å². The number of aliphatic hydroxyl groups is 3. The number of nitrogens with two attached hydrogens (primary N) is 1. The maximum Gasteiger partial charge on any atom is 0.326 e. The smallest absolute Gasteiger partial charge is 0.326 e. The molecule has 2 aliphatic heterocycles. The molecule has 0 bridgehead atoms. The average molecular weight is 965 g/mol. The number of nitrogens with one attached hydrogen (secondary N) is 9. The van der Waals surface area contributed by atoms with Crippen LogP contribution in [0.15, 0.2) is 60.8 Å². The van der Waals surface area contributed by atoms with Crippen LogP contribution in [0.5, 0.6) is 0 Å². The summed E-state index contributed by atoms with van der Waals surface area (Å²) in [7, 11) is 0. The van der Waals surface area contributed by atoms with Gasteiger partial charge in [0.25, 0.3) is 0 Å². The first-order chi connectivity index (χ1) is 32.7. The minimum atomic E-state index is -1.80. The van der Waals surface area contributed by atoms with E-state index in [0.29, 0.717) is 22.0 Å². The van der Waals surface area contributed by atoms with Gasteiger partial charge in [0.15, 0.2) is 6.23 Å². The fourth-order valence-electron chi connectivity index (χ4n) is 7.89. The molecule has 8 amide bonds. The third-order valence-electron chi connectivity index (χ3n) is 11.5. The standard InChI is InChI=1S/C45H60N10O14/c1-21(2)13-31(45(67)68)53-43(66)32-19-48-34(58)17-30(50-39(62)26(46)16-35(59)55-44-36(49-22(3)57)38(61)37(60)33(20-56)69-44)42(65)52-29(15-24-18-47-27-12-8-7-11-25(24)27)41(64)51-28(40(63)54-32)14-23-9-5-4-6-10-23/h4-12,18,21,26,28-33,36-38,44,47,56,60-61H,13-17,19-20,46H2,1-3H3,(H,48,58)(H,49,57)(H,50,62)(H,51,64)(H,52,65)(H,53,66)(H,54,63)(H,55,59)(H,67,68). The van der Waals surface area contributed by atoms with Crippen LogP contribution in [0.2, 0.25) is 0 Å². The number of carboxylic acids is 1. The number of amides is 8. The fraction of sp³-hybridized carbons (Fsp3) is 0.489. The van der Waals surface area contributed by atoms with Gasteiger partial charge in [-0.25, -0.2) is 4.79 Å². The molecule has 11 unspecified atom stereocenters. The number of hydrogen-bond donors (Lipinski definition) is 14. The summed E-state index contributed by atoms with van der Waals surface area (Å²) >= 11 is 0. The van der Waals surface area contributed by atoms with E-state index >= 15 is 0 Å². The van der Waals surface area contributed by atoms with E-state index < -0.39 is 146 Å². The highest BCUT2D eigenvalue weighted by molar-refractivity contribution is 5.99. The molecule has 1 aromatic heterocycles. The molecule has 2 aliphatic rings. The molecule has 69 heavy (non-hydrogen) atoms. The number of ether oxygens (including phenoxy) is 1. The van der Waals surface area contributed by atoms with Crippen molar-refractivity contribution < 1.29 is 68.3 Å². The van der Waals surface area contributed by atoms with E-state index in [1.807, 2.05) is 0 Å². The van der Waals surface area contributed by atoms with Crippen molar-refractivity contribution in [3.63, 3.8) is 0 Å². The maximum absolute atomic E-state index is 14.5. The Morgan fingerprint density at radius 3 is 2.16 bits per heavy atom. The SMILES string of the molecule is CC(=O)NC1C(NC(=O)CC(N)C(=O)NC2CC(=O)NCC(C(=O)NC(CC(C)C)C(=O)O)NC(=O)C(Cc3ccccc3)NC(=O)C(Cc3c[nH]c4ccccc34)NC2=O)OC(CO)C(O)C1O. The van der Waals surface area contributed by atoms with Gasteiger partial charge in [-0.1, -0.05) is 62.4 Å². The lowest BCUT2D eigenvalue weighted by molar-refractivity contribution is -0.203. The molecule has 0 spiro atoms. The van der Waals surface area contributed by atoms with Gasteiger partial charge in [0, 0.05) is 43.4 Å². The summed E-state index contributed by atoms with van der Waals surface area (Å²) < 4.78 is 5.51. The van der Waals surface area contributed by atoms with Crippen LogP contribution >= 0.6 is 0 Å². The minimum absolute atomic E-state index is 0.0162. The van der Waals surface area contributed by atoms with Gasteiger partial charge < -0.3 is 78.4 Å². The number of aromatic amines is 1. The number of H-pyrrole nitrogens is 1. The average Bonchev–Trinajstić information content (AvgIpc) is 3.71. The monoisotopic (exact) mass is 964 g/mol. The Bertz CT molecular complexity index is 2350. The summed E-state index contributed by atoms with van der Waals surface area (Å²) in [6, 6.07) is 4.81. The van der Waals surface area contributed by atoms with Crippen molar-refractivity contribution in [2.24, 2.45) is 11.7 Å². The van der Waals surface area contributed by atoms with Crippen LogP contribution in [-0.4, -0.2) is 159 Å². The normalized spacial score (nSPS) is 25.7. The summed E-state index contributed by atoms with van der Waals surface area (Å²) in [6.45, 7) is 3.17. The fourth-order valence-corrected chi connectivity index (χ4v) is 7.89. The van der Waals surface area contributed by atoms with Crippen molar-refractivity contribution in [2.45, 2.75) is 120 Å². The number of para-hydroxylation sites is 1. The first-order valence-electron chi connectivity index (χ1n) is 22.3. The van der Waals surface area contributed by atoms with E-state index in [1.165, 1.54) is 0 Å². The molecule has 5 rings (SSSR count). The second-order valence-electron chi connectivity index (χ2n) is 17.4.